The lowest BCUT2D eigenvalue weighted by atomic mass is 9.87. The van der Waals surface area contributed by atoms with Crippen LogP contribution >= 0.6 is 0 Å². The van der Waals surface area contributed by atoms with Gasteiger partial charge in [-0.2, -0.15) is 0 Å². The van der Waals surface area contributed by atoms with Gasteiger partial charge in [0.2, 0.25) is 0 Å². The van der Waals surface area contributed by atoms with Crippen LogP contribution in [0.5, 0.6) is 0 Å². The van der Waals surface area contributed by atoms with E-state index in [-0.39, 0.29) is 0 Å². The number of aryl methyl sites for hydroxylation is 2. The molecule has 0 atom stereocenters. The third-order valence-electron chi connectivity index (χ3n) is 8.03. The Hall–Kier alpha value is -4.49. The third kappa shape index (κ3) is 2.58. The van der Waals surface area contributed by atoms with Crippen LogP contribution in [0, 0.1) is 13.8 Å². The van der Waals surface area contributed by atoms with Gasteiger partial charge in [-0.25, -0.2) is 0 Å². The normalized spacial score (nSPS) is 12.2. The van der Waals surface area contributed by atoms with Crippen LogP contribution in [0.15, 0.2) is 103 Å². The molecule has 1 aliphatic rings. The highest BCUT2D eigenvalue weighted by molar-refractivity contribution is 6.29. The van der Waals surface area contributed by atoms with Crippen LogP contribution in [0.4, 0.5) is 0 Å². The summed E-state index contributed by atoms with van der Waals surface area (Å²) in [7, 11) is 0. The molecule has 0 spiro atoms. The molecule has 0 aliphatic heterocycles. The summed E-state index contributed by atoms with van der Waals surface area (Å²) in [6.45, 7) is 4.42. The number of nitrogens with zero attached hydrogens (tertiary/aromatic N) is 1. The van der Waals surface area contributed by atoms with Crippen LogP contribution in [-0.2, 0) is 0 Å². The Morgan fingerprint density at radius 2 is 1.33 bits per heavy atom. The van der Waals surface area contributed by atoms with Crippen molar-refractivity contribution in [1.82, 2.24) is 4.98 Å². The molecular weight excluding hydrogens is 434 g/mol. The van der Waals surface area contributed by atoms with Crippen molar-refractivity contribution < 1.29 is 0 Å². The van der Waals surface area contributed by atoms with Gasteiger partial charge in [0.15, 0.2) is 0 Å². The number of hydrogen-bond acceptors (Lipinski definition) is 1. The smallest absolute Gasteiger partial charge is 0.0346 e. The lowest BCUT2D eigenvalue weighted by Crippen LogP contribution is -1.89. The molecule has 0 fully saturated rings. The Morgan fingerprint density at radius 3 is 2.25 bits per heavy atom. The summed E-state index contributed by atoms with van der Waals surface area (Å²) in [5.41, 5.74) is 10.6. The van der Waals surface area contributed by atoms with E-state index in [0.717, 1.165) is 0 Å². The monoisotopic (exact) mass is 457 g/mol. The fourth-order valence-corrected chi connectivity index (χ4v) is 6.35. The number of benzene rings is 6. The molecule has 0 bridgehead atoms. The molecule has 168 valence electrons. The van der Waals surface area contributed by atoms with Gasteiger partial charge in [-0.15, -0.1) is 0 Å². The largest absolute Gasteiger partial charge is 0.264 e. The Morgan fingerprint density at radius 1 is 0.528 bits per heavy atom. The summed E-state index contributed by atoms with van der Waals surface area (Å²) in [5, 5.41) is 10.4. The third-order valence-corrected chi connectivity index (χ3v) is 8.03. The Kier molecular flexibility index (Phi) is 3.86. The van der Waals surface area contributed by atoms with Gasteiger partial charge in [0.25, 0.3) is 0 Å². The Bertz CT molecular complexity index is 2060. The van der Waals surface area contributed by atoms with Crippen molar-refractivity contribution in [2.75, 3.05) is 0 Å². The first-order valence-corrected chi connectivity index (χ1v) is 12.5. The quantitative estimate of drug-likeness (QED) is 0.224. The minimum atomic E-state index is 1.17. The van der Waals surface area contributed by atoms with Crippen LogP contribution in [0.3, 0.4) is 0 Å². The molecule has 1 heteroatoms. The highest BCUT2D eigenvalue weighted by Gasteiger charge is 2.25. The van der Waals surface area contributed by atoms with Crippen molar-refractivity contribution >= 4 is 43.1 Å². The molecule has 8 rings (SSSR count). The average Bonchev–Trinajstić information content (AvgIpc) is 3.25. The molecule has 7 aromatic rings. The van der Waals surface area contributed by atoms with Crippen LogP contribution in [0.1, 0.15) is 11.1 Å². The fourth-order valence-electron chi connectivity index (χ4n) is 6.35. The SMILES string of the molecule is Cc1ccc2c(c1)c(-c1ccc3cnccc3c1)cc1c3ccc(C)c4c3c(cc21)-c1ccccc1-4. The molecule has 0 saturated carbocycles. The first-order chi connectivity index (χ1) is 17.7. The molecule has 0 radical (unpaired) electrons. The van der Waals surface area contributed by atoms with E-state index >= 15 is 0 Å². The Labute approximate surface area is 209 Å². The van der Waals surface area contributed by atoms with Crippen LogP contribution in [0.25, 0.3) is 76.5 Å². The van der Waals surface area contributed by atoms with E-state index in [1.165, 1.54) is 87.6 Å². The molecule has 1 aliphatic carbocycles. The molecule has 6 aromatic carbocycles. The number of rotatable bonds is 1. The maximum absolute atomic E-state index is 4.30. The van der Waals surface area contributed by atoms with Crippen molar-refractivity contribution in [2.45, 2.75) is 13.8 Å². The molecule has 0 amide bonds. The van der Waals surface area contributed by atoms with Crippen LogP contribution < -0.4 is 0 Å². The van der Waals surface area contributed by atoms with Crippen LogP contribution in [-0.4, -0.2) is 4.98 Å². The van der Waals surface area contributed by atoms with Gasteiger partial charge in [-0.1, -0.05) is 72.3 Å². The van der Waals surface area contributed by atoms with Crippen molar-refractivity contribution in [3.63, 3.8) is 0 Å². The van der Waals surface area contributed by atoms with Gasteiger partial charge < -0.3 is 0 Å². The molecule has 1 aromatic heterocycles. The van der Waals surface area contributed by atoms with Gasteiger partial charge in [0.1, 0.15) is 0 Å². The highest BCUT2D eigenvalue weighted by atomic mass is 14.6. The van der Waals surface area contributed by atoms with Gasteiger partial charge in [-0.3, -0.25) is 4.98 Å². The van der Waals surface area contributed by atoms with E-state index in [9.17, 15) is 0 Å². The summed E-state index contributed by atoms with van der Waals surface area (Å²) in [6.07, 6.45) is 3.81. The number of hydrogen-bond donors (Lipinski definition) is 0. The minimum Gasteiger partial charge on any atom is -0.264 e. The first kappa shape index (κ1) is 19.8. The van der Waals surface area contributed by atoms with Gasteiger partial charge in [0, 0.05) is 17.8 Å². The molecule has 1 heterocycles. The maximum Gasteiger partial charge on any atom is 0.0346 e. The van der Waals surface area contributed by atoms with E-state index < -0.39 is 0 Å². The second-order valence-electron chi connectivity index (χ2n) is 10.2. The first-order valence-electron chi connectivity index (χ1n) is 12.5. The summed E-state index contributed by atoms with van der Waals surface area (Å²) in [4.78, 5) is 4.30. The van der Waals surface area contributed by atoms with Gasteiger partial charge in [-0.05, 0) is 115 Å². The zero-order valence-electron chi connectivity index (χ0n) is 20.3. The second-order valence-corrected chi connectivity index (χ2v) is 10.2. The molecule has 1 nitrogen and oxygen atoms in total. The highest BCUT2D eigenvalue weighted by Crippen LogP contribution is 2.52. The summed E-state index contributed by atoms with van der Waals surface area (Å²) >= 11 is 0. The average molecular weight is 458 g/mol. The molecule has 0 saturated heterocycles. The number of aromatic nitrogens is 1. The minimum absolute atomic E-state index is 1.17. The lowest BCUT2D eigenvalue weighted by Gasteiger charge is -2.16. The van der Waals surface area contributed by atoms with E-state index in [1.807, 2.05) is 12.4 Å². The standard InChI is InChI=1S/C35H23N/c1-20-7-11-26-30(15-20)29(23-9-10-24-19-36-14-13-22(24)16-23)17-32-28-12-8-21(2)34-27-6-4-3-5-25(27)33(35(28)34)18-31(26)32/h3-19H,1-2H3. The zero-order valence-corrected chi connectivity index (χ0v) is 20.3. The second kappa shape index (κ2) is 7.02. The van der Waals surface area contributed by atoms with Crippen molar-refractivity contribution in [3.05, 3.63) is 115 Å². The molecule has 0 N–H and O–H groups in total. The van der Waals surface area contributed by atoms with E-state index in [0.29, 0.717) is 0 Å². The summed E-state index contributed by atoms with van der Waals surface area (Å²) in [6, 6.07) is 34.1. The number of fused-ring (bicyclic) bond motifs is 8. The predicted molar refractivity (Wildman–Crippen MR) is 154 cm³/mol. The number of pyridine rings is 1. The summed E-state index contributed by atoms with van der Waals surface area (Å²) in [5.74, 6) is 0. The van der Waals surface area contributed by atoms with E-state index in [2.05, 4.69) is 110 Å². The predicted octanol–water partition coefficient (Wildman–Crippen LogP) is 9.63. The topological polar surface area (TPSA) is 12.9 Å². The van der Waals surface area contributed by atoms with Crippen LogP contribution in [0.2, 0.25) is 0 Å². The fraction of sp³-hybridized carbons (Fsp3) is 0.0571. The summed E-state index contributed by atoms with van der Waals surface area (Å²) < 4.78 is 0. The van der Waals surface area contributed by atoms with Crippen molar-refractivity contribution in [3.8, 4) is 33.4 Å². The van der Waals surface area contributed by atoms with Gasteiger partial charge >= 0.3 is 0 Å². The van der Waals surface area contributed by atoms with E-state index in [1.54, 1.807) is 0 Å². The van der Waals surface area contributed by atoms with Crippen molar-refractivity contribution in [2.24, 2.45) is 0 Å². The zero-order chi connectivity index (χ0) is 24.0. The maximum atomic E-state index is 4.30. The van der Waals surface area contributed by atoms with E-state index in [4.69, 9.17) is 0 Å². The Balaban J connectivity index is 1.56. The molecule has 36 heavy (non-hydrogen) atoms. The molecule has 0 unspecified atom stereocenters. The van der Waals surface area contributed by atoms with Crippen molar-refractivity contribution in [1.29, 1.82) is 0 Å². The molecular formula is C35H23N. The lowest BCUT2D eigenvalue weighted by molar-refractivity contribution is 1.36. The van der Waals surface area contributed by atoms with Gasteiger partial charge in [0.05, 0.1) is 0 Å².